The highest BCUT2D eigenvalue weighted by Crippen LogP contribution is 2.49. The van der Waals surface area contributed by atoms with Gasteiger partial charge in [-0.05, 0) is 96.9 Å². The maximum Gasteiger partial charge on any atom is 0.407 e. The highest BCUT2D eigenvalue weighted by atomic mass is 19.1. The third-order valence-electron chi connectivity index (χ3n) is 14.0. The van der Waals surface area contributed by atoms with Gasteiger partial charge in [0.15, 0.2) is 0 Å². The molecular weight excluding hydrogens is 822 g/mol. The zero-order chi connectivity index (χ0) is 46.5. The summed E-state index contributed by atoms with van der Waals surface area (Å²) in [6, 6.07) is 19.2. The van der Waals surface area contributed by atoms with Gasteiger partial charge in [0.25, 0.3) is 0 Å². The topological polar surface area (TPSA) is 207 Å². The molecule has 6 N–H and O–H groups in total. The summed E-state index contributed by atoms with van der Waals surface area (Å²) in [6.07, 6.45) is 2.81. The first-order valence-corrected chi connectivity index (χ1v) is 22.3. The number of anilines is 1. The zero-order valence-corrected chi connectivity index (χ0v) is 37.6. The summed E-state index contributed by atoms with van der Waals surface area (Å²) in [5, 5.41) is 5.34. The van der Waals surface area contributed by atoms with Crippen LogP contribution in [0, 0.1) is 17.7 Å². The first-order valence-electron chi connectivity index (χ1n) is 22.3. The first-order chi connectivity index (χ1) is 30.6. The Morgan fingerprint density at radius 1 is 0.656 bits per heavy atom. The Balaban J connectivity index is 1.32. The predicted octanol–water partition coefficient (Wildman–Crippen LogP) is 6.06. The largest absolute Gasteiger partial charge is 0.453 e. The van der Waals surface area contributed by atoms with E-state index in [-0.39, 0.29) is 42.8 Å². The number of carbonyl (C=O) groups excluding carboxylic acids is 6. The number of ether oxygens (including phenoxy) is 2. The summed E-state index contributed by atoms with van der Waals surface area (Å²) in [7, 11) is 2.46. The number of primary amides is 2. The minimum atomic E-state index is -1.44. The maximum absolute atomic E-state index is 14.4. The van der Waals surface area contributed by atoms with Gasteiger partial charge in [0, 0.05) is 18.8 Å². The SMILES string of the molecule is CC[C@@H](C)[C@H](NC(=O)OC)C(=O)N1CCC[C@@]1(C(N)=O)c1ccc([C@H]2CC[C@H](c3ccc([C@]4(C(N)=O)CCCN4C(=O)[C@@H](NC(=O)OC)[C@H](C)CC)cc3)N2c2ccc(F)cc2)cc1. The van der Waals surface area contributed by atoms with Gasteiger partial charge in [-0.3, -0.25) is 19.2 Å². The van der Waals surface area contributed by atoms with E-state index in [9.17, 15) is 33.2 Å². The molecule has 3 saturated heterocycles. The Morgan fingerprint density at radius 3 is 1.36 bits per heavy atom. The van der Waals surface area contributed by atoms with Gasteiger partial charge in [0.05, 0.1) is 26.3 Å². The van der Waals surface area contributed by atoms with Crippen LogP contribution in [0.2, 0.25) is 0 Å². The smallest absolute Gasteiger partial charge is 0.407 e. The fourth-order valence-corrected chi connectivity index (χ4v) is 10.1. The molecule has 3 heterocycles. The molecule has 64 heavy (non-hydrogen) atoms. The van der Waals surface area contributed by atoms with Gasteiger partial charge in [-0.2, -0.15) is 0 Å². The lowest BCUT2D eigenvalue weighted by molar-refractivity contribution is -0.146. The van der Waals surface area contributed by atoms with E-state index in [0.29, 0.717) is 62.5 Å². The van der Waals surface area contributed by atoms with Gasteiger partial charge < -0.3 is 46.3 Å². The molecule has 0 spiro atoms. The molecule has 15 nitrogen and oxygen atoms in total. The van der Waals surface area contributed by atoms with Crippen molar-refractivity contribution in [2.75, 3.05) is 32.2 Å². The molecule has 3 fully saturated rings. The number of methoxy groups -OCH3 is 2. The van der Waals surface area contributed by atoms with E-state index in [1.165, 1.54) is 36.2 Å². The van der Waals surface area contributed by atoms with E-state index in [0.717, 1.165) is 16.8 Å². The number of likely N-dealkylation sites (tertiary alicyclic amines) is 2. The molecule has 0 aliphatic carbocycles. The van der Waals surface area contributed by atoms with Crippen LogP contribution in [0.1, 0.15) is 113 Å². The first kappa shape index (κ1) is 47.3. The van der Waals surface area contributed by atoms with Crippen molar-refractivity contribution in [3.63, 3.8) is 0 Å². The van der Waals surface area contributed by atoms with Crippen LogP contribution >= 0.6 is 0 Å². The molecular formula is C48H62FN7O8. The standard InChI is InChI=1S/C48H62FN7O8/c1-7-29(3)39(52-45(61)63-5)41(57)54-27-9-25-47(54,43(50)59)33-15-11-31(12-16-33)37-23-24-38(56(37)36-21-19-35(49)20-22-36)32-13-17-34(18-14-32)48(44(51)60)26-10-28-55(48)42(58)40(30(4)8-2)53-46(62)64-6/h11-22,29-30,37-40H,7-10,23-28H2,1-6H3,(H2,50,59)(H2,51,60)(H,52,61)(H,53,62)/t29-,30-,37-,38-,39+,40+,47+,48+/m1/s1. The van der Waals surface area contributed by atoms with Gasteiger partial charge >= 0.3 is 12.2 Å². The van der Waals surface area contributed by atoms with E-state index in [4.69, 9.17) is 20.9 Å². The quantitative estimate of drug-likeness (QED) is 0.140. The molecule has 6 rings (SSSR count). The van der Waals surface area contributed by atoms with Crippen molar-refractivity contribution in [1.82, 2.24) is 20.4 Å². The van der Waals surface area contributed by atoms with Crippen molar-refractivity contribution in [3.8, 4) is 0 Å². The number of rotatable bonds is 15. The number of nitrogens with one attached hydrogen (secondary N) is 2. The van der Waals surface area contributed by atoms with Crippen LogP contribution in [-0.4, -0.2) is 85.0 Å². The summed E-state index contributed by atoms with van der Waals surface area (Å²) in [5.74, 6) is -3.03. The van der Waals surface area contributed by atoms with Crippen molar-refractivity contribution >= 4 is 41.5 Å². The molecule has 0 radical (unpaired) electrons. The molecule has 16 heteroatoms. The second-order valence-corrected chi connectivity index (χ2v) is 17.4. The number of carbonyl (C=O) groups is 6. The average molecular weight is 884 g/mol. The van der Waals surface area contributed by atoms with Crippen LogP contribution in [0.25, 0.3) is 0 Å². The number of alkyl carbamates (subject to hydrolysis) is 2. The Morgan fingerprint density at radius 2 is 1.03 bits per heavy atom. The molecule has 3 aliphatic rings. The summed E-state index contributed by atoms with van der Waals surface area (Å²) < 4.78 is 24.0. The molecule has 3 aliphatic heterocycles. The van der Waals surface area contributed by atoms with Crippen LogP contribution in [-0.2, 0) is 39.7 Å². The minimum absolute atomic E-state index is 0.186. The number of hydrogen-bond donors (Lipinski definition) is 4. The van der Waals surface area contributed by atoms with Crippen LogP contribution in [0.4, 0.5) is 19.7 Å². The van der Waals surface area contributed by atoms with Crippen molar-refractivity contribution in [2.45, 2.75) is 114 Å². The van der Waals surface area contributed by atoms with E-state index < -0.39 is 59.0 Å². The molecule has 3 aromatic rings. The van der Waals surface area contributed by atoms with E-state index in [1.54, 1.807) is 12.1 Å². The van der Waals surface area contributed by atoms with Gasteiger partial charge in [-0.25, -0.2) is 14.0 Å². The Kier molecular flexibility index (Phi) is 14.5. The van der Waals surface area contributed by atoms with Crippen molar-refractivity contribution < 1.29 is 42.6 Å². The maximum atomic E-state index is 14.4. The molecule has 0 aromatic heterocycles. The lowest BCUT2D eigenvalue weighted by Gasteiger charge is -2.39. The van der Waals surface area contributed by atoms with Crippen molar-refractivity contribution in [2.24, 2.45) is 23.3 Å². The lowest BCUT2D eigenvalue weighted by atomic mass is 9.84. The van der Waals surface area contributed by atoms with Crippen LogP contribution in [0.5, 0.6) is 0 Å². The van der Waals surface area contributed by atoms with E-state index >= 15 is 0 Å². The number of amides is 6. The second-order valence-electron chi connectivity index (χ2n) is 17.4. The fourth-order valence-electron chi connectivity index (χ4n) is 10.1. The summed E-state index contributed by atoms with van der Waals surface area (Å²) >= 11 is 0. The molecule has 0 saturated carbocycles. The number of nitrogens with zero attached hydrogens (tertiary/aromatic N) is 3. The third-order valence-corrected chi connectivity index (χ3v) is 14.0. The van der Waals surface area contributed by atoms with Crippen molar-refractivity contribution in [3.05, 3.63) is 101 Å². The van der Waals surface area contributed by atoms with Gasteiger partial charge in [-0.15, -0.1) is 0 Å². The van der Waals surface area contributed by atoms with Gasteiger partial charge in [0.1, 0.15) is 29.0 Å². The van der Waals surface area contributed by atoms with E-state index in [2.05, 4.69) is 15.5 Å². The lowest BCUT2D eigenvalue weighted by Crippen LogP contribution is -2.59. The summed E-state index contributed by atoms with van der Waals surface area (Å²) in [6.45, 7) is 8.09. The van der Waals surface area contributed by atoms with Crippen molar-refractivity contribution in [1.29, 1.82) is 0 Å². The average Bonchev–Trinajstić information content (AvgIpc) is 4.08. The molecule has 0 bridgehead atoms. The zero-order valence-electron chi connectivity index (χ0n) is 37.6. The Bertz CT molecular complexity index is 2060. The number of hydrogen-bond acceptors (Lipinski definition) is 9. The minimum Gasteiger partial charge on any atom is -0.453 e. The fraction of sp³-hybridized carbons (Fsp3) is 0.500. The molecule has 8 atom stereocenters. The number of halogens is 1. The number of benzene rings is 3. The monoisotopic (exact) mass is 883 g/mol. The van der Waals surface area contributed by atoms with Crippen LogP contribution < -0.4 is 27.0 Å². The normalized spacial score (nSPS) is 23.8. The van der Waals surface area contributed by atoms with Gasteiger partial charge in [0.2, 0.25) is 23.6 Å². The Hall–Kier alpha value is -6.19. The predicted molar refractivity (Wildman–Crippen MR) is 238 cm³/mol. The van der Waals surface area contributed by atoms with Gasteiger partial charge in [-0.1, -0.05) is 89.1 Å². The highest BCUT2D eigenvalue weighted by Gasteiger charge is 2.53. The molecule has 3 aromatic carbocycles. The van der Waals surface area contributed by atoms with Crippen LogP contribution in [0.15, 0.2) is 72.8 Å². The third kappa shape index (κ3) is 8.70. The summed E-state index contributed by atoms with van der Waals surface area (Å²) in [5.41, 5.74) is 13.3. The van der Waals surface area contributed by atoms with E-state index in [1.807, 2.05) is 76.2 Å². The summed E-state index contributed by atoms with van der Waals surface area (Å²) in [4.78, 5) is 85.4. The molecule has 0 unspecified atom stereocenters. The second kappa shape index (κ2) is 19.7. The Labute approximate surface area is 374 Å². The highest BCUT2D eigenvalue weighted by molar-refractivity contribution is 5.96. The molecule has 344 valence electrons. The van der Waals surface area contributed by atoms with Crippen LogP contribution in [0.3, 0.4) is 0 Å². The molecule has 6 amide bonds. The number of nitrogens with two attached hydrogens (primary N) is 2.